The molecule has 0 rings (SSSR count). The maximum Gasteiger partial charge on any atom is 0.266 e. The Morgan fingerprint density at radius 2 is 1.35 bits per heavy atom. The lowest BCUT2D eigenvalue weighted by Crippen LogP contribution is -2.33. The molecule has 0 aliphatic heterocycles. The maximum absolute atomic E-state index is 5.92. The molecule has 0 fully saturated rings. The van der Waals surface area contributed by atoms with Gasteiger partial charge in [0.1, 0.15) is 0 Å². The summed E-state index contributed by atoms with van der Waals surface area (Å²) in [7, 11) is -3.21. The molecule has 17 heavy (non-hydrogen) atoms. The van der Waals surface area contributed by atoms with Crippen LogP contribution in [0.5, 0.6) is 0 Å². The van der Waals surface area contributed by atoms with Crippen LogP contribution >= 0.6 is 0 Å². The second kappa shape index (κ2) is 6.06. The van der Waals surface area contributed by atoms with E-state index in [1.54, 1.807) is 0 Å². The van der Waals surface area contributed by atoms with Gasteiger partial charge in [0.05, 0.1) is 0 Å². The number of hydrogen-bond donors (Lipinski definition) is 0. The Morgan fingerprint density at radius 3 is 1.65 bits per heavy atom. The van der Waals surface area contributed by atoms with Crippen LogP contribution < -0.4 is 0 Å². The van der Waals surface area contributed by atoms with Crippen LogP contribution in [0.3, 0.4) is 0 Å². The fraction of sp³-hybridized carbons (Fsp3) is 0.833. The Labute approximate surface area is 108 Å². The lowest BCUT2D eigenvalue weighted by atomic mass is 10.4. The van der Waals surface area contributed by atoms with Crippen molar-refractivity contribution < 1.29 is 13.6 Å². The summed E-state index contributed by atoms with van der Waals surface area (Å²) >= 11 is 0. The van der Waals surface area contributed by atoms with Crippen molar-refractivity contribution in [2.75, 3.05) is 0 Å². The minimum atomic E-state index is -1.64. The number of ether oxygens (including phenoxy) is 1. The van der Waals surface area contributed by atoms with Crippen molar-refractivity contribution in [1.29, 1.82) is 0 Å². The molecule has 5 heteroatoms. The number of hydrogen-bond acceptors (Lipinski definition) is 3. The van der Waals surface area contributed by atoms with E-state index in [9.17, 15) is 0 Å². The molecule has 0 heterocycles. The molecular formula is C12H28O3Si2. The highest BCUT2D eigenvalue weighted by atomic mass is 28.4. The topological polar surface area (TPSA) is 27.7 Å². The second-order valence-electron chi connectivity index (χ2n) is 6.42. The van der Waals surface area contributed by atoms with Crippen molar-refractivity contribution in [3.05, 3.63) is 11.5 Å². The molecule has 0 N–H and O–H groups in total. The van der Waals surface area contributed by atoms with Crippen LogP contribution in [0.4, 0.5) is 0 Å². The van der Waals surface area contributed by atoms with Gasteiger partial charge in [0.15, 0.2) is 14.6 Å². The van der Waals surface area contributed by atoms with Gasteiger partial charge in [0.25, 0.3) is 5.95 Å². The second-order valence-corrected chi connectivity index (χ2v) is 15.3. The molecule has 0 radical (unpaired) electrons. The number of allylic oxidation sites excluding steroid dienone is 1. The first kappa shape index (κ1) is 16.7. The average molecular weight is 277 g/mol. The van der Waals surface area contributed by atoms with Crippen LogP contribution in [0.25, 0.3) is 0 Å². The van der Waals surface area contributed by atoms with Crippen molar-refractivity contribution in [3.63, 3.8) is 0 Å². The Morgan fingerprint density at radius 1 is 0.882 bits per heavy atom. The van der Waals surface area contributed by atoms with Gasteiger partial charge in [0, 0.05) is 5.57 Å². The SMILES string of the molecule is CC(C)=C(OC(C)O[Si](C)(C)C)O[Si](C)(C)C. The van der Waals surface area contributed by atoms with Crippen molar-refractivity contribution >= 4 is 16.6 Å². The highest BCUT2D eigenvalue weighted by Crippen LogP contribution is 2.19. The molecule has 0 amide bonds. The molecule has 1 atom stereocenters. The molecular weight excluding hydrogens is 248 g/mol. The summed E-state index contributed by atoms with van der Waals surface area (Å²) in [5.74, 6) is 0.634. The molecule has 0 saturated heterocycles. The highest BCUT2D eigenvalue weighted by molar-refractivity contribution is 6.70. The molecule has 0 aromatic carbocycles. The Kier molecular flexibility index (Phi) is 5.97. The van der Waals surface area contributed by atoms with E-state index in [4.69, 9.17) is 13.6 Å². The molecule has 0 saturated carbocycles. The summed E-state index contributed by atoms with van der Waals surface area (Å²) in [6, 6.07) is 0. The van der Waals surface area contributed by atoms with Gasteiger partial charge in [0.2, 0.25) is 8.32 Å². The lowest BCUT2D eigenvalue weighted by molar-refractivity contribution is -0.0724. The largest absolute Gasteiger partial charge is 0.520 e. The molecule has 102 valence electrons. The van der Waals surface area contributed by atoms with E-state index in [0.29, 0.717) is 5.95 Å². The van der Waals surface area contributed by atoms with Crippen molar-refractivity contribution in [3.8, 4) is 0 Å². The van der Waals surface area contributed by atoms with E-state index in [0.717, 1.165) is 5.57 Å². The monoisotopic (exact) mass is 276 g/mol. The standard InChI is InChI=1S/C12H28O3Si2/c1-10(2)12(15-17(7,8)9)13-11(3)14-16(4,5)6/h11H,1-9H3. The van der Waals surface area contributed by atoms with Gasteiger partial charge in [-0.2, -0.15) is 0 Å². The fourth-order valence-corrected chi connectivity index (χ4v) is 3.05. The zero-order valence-electron chi connectivity index (χ0n) is 12.8. The van der Waals surface area contributed by atoms with Gasteiger partial charge in [-0.1, -0.05) is 0 Å². The maximum atomic E-state index is 5.92. The summed E-state index contributed by atoms with van der Waals surface area (Å²) in [4.78, 5) is 0. The third-order valence-corrected chi connectivity index (χ3v) is 3.44. The van der Waals surface area contributed by atoms with E-state index in [1.165, 1.54) is 0 Å². The van der Waals surface area contributed by atoms with Gasteiger partial charge in [-0.3, -0.25) is 0 Å². The van der Waals surface area contributed by atoms with E-state index in [2.05, 4.69) is 39.3 Å². The molecule has 0 aromatic heterocycles. The van der Waals surface area contributed by atoms with Crippen molar-refractivity contribution in [1.82, 2.24) is 0 Å². The van der Waals surface area contributed by atoms with Crippen LogP contribution in [-0.4, -0.2) is 22.9 Å². The normalized spacial score (nSPS) is 14.2. The summed E-state index contributed by atoms with van der Waals surface area (Å²) < 4.78 is 17.5. The fourth-order valence-electron chi connectivity index (χ4n) is 1.19. The summed E-state index contributed by atoms with van der Waals surface area (Å²) in [5.41, 5.74) is 1.05. The van der Waals surface area contributed by atoms with Crippen LogP contribution in [0, 0.1) is 0 Å². The molecule has 0 aromatic rings. The van der Waals surface area contributed by atoms with E-state index >= 15 is 0 Å². The molecule has 3 nitrogen and oxygen atoms in total. The first-order valence-corrected chi connectivity index (χ1v) is 12.9. The molecule has 0 aliphatic carbocycles. The zero-order chi connectivity index (χ0) is 13.9. The summed E-state index contributed by atoms with van der Waals surface area (Å²) in [6.07, 6.45) is -0.247. The molecule has 1 unspecified atom stereocenters. The average Bonchev–Trinajstić information content (AvgIpc) is 1.95. The molecule has 0 spiro atoms. The van der Waals surface area contributed by atoms with Crippen molar-refractivity contribution in [2.45, 2.75) is 66.3 Å². The number of rotatable bonds is 6. The zero-order valence-corrected chi connectivity index (χ0v) is 14.8. The third-order valence-electron chi connectivity index (χ3n) is 1.60. The minimum Gasteiger partial charge on any atom is -0.520 e. The Hall–Kier alpha value is -0.266. The van der Waals surface area contributed by atoms with E-state index < -0.39 is 16.6 Å². The van der Waals surface area contributed by atoms with E-state index in [-0.39, 0.29) is 6.29 Å². The molecule has 0 aliphatic rings. The van der Waals surface area contributed by atoms with Gasteiger partial charge >= 0.3 is 0 Å². The van der Waals surface area contributed by atoms with Crippen LogP contribution in [0.15, 0.2) is 11.5 Å². The predicted octanol–water partition coefficient (Wildman–Crippen LogP) is 4.30. The van der Waals surface area contributed by atoms with Crippen LogP contribution in [0.2, 0.25) is 39.3 Å². The van der Waals surface area contributed by atoms with Gasteiger partial charge < -0.3 is 13.6 Å². The van der Waals surface area contributed by atoms with Crippen LogP contribution in [0.1, 0.15) is 20.8 Å². The minimum absolute atomic E-state index is 0.247. The first-order valence-electron chi connectivity index (χ1n) is 6.12. The summed E-state index contributed by atoms with van der Waals surface area (Å²) in [6.45, 7) is 18.8. The van der Waals surface area contributed by atoms with Crippen molar-refractivity contribution in [2.24, 2.45) is 0 Å². The van der Waals surface area contributed by atoms with Crippen LogP contribution in [-0.2, 0) is 13.6 Å². The molecule has 0 bridgehead atoms. The van der Waals surface area contributed by atoms with E-state index in [1.807, 2.05) is 20.8 Å². The summed E-state index contributed by atoms with van der Waals surface area (Å²) in [5, 5.41) is 0. The lowest BCUT2D eigenvalue weighted by Gasteiger charge is -2.28. The van der Waals surface area contributed by atoms with Gasteiger partial charge in [-0.05, 0) is 60.1 Å². The highest BCUT2D eigenvalue weighted by Gasteiger charge is 2.23. The van der Waals surface area contributed by atoms with Gasteiger partial charge in [-0.25, -0.2) is 0 Å². The van der Waals surface area contributed by atoms with Gasteiger partial charge in [-0.15, -0.1) is 0 Å². The smallest absolute Gasteiger partial charge is 0.266 e. The first-order chi connectivity index (χ1) is 7.41. The predicted molar refractivity (Wildman–Crippen MR) is 77.8 cm³/mol. The Balaban J connectivity index is 4.54. The quantitative estimate of drug-likeness (QED) is 0.411. The third kappa shape index (κ3) is 9.44. The Bertz CT molecular complexity index is 270.